The first kappa shape index (κ1) is 16.7. The summed E-state index contributed by atoms with van der Waals surface area (Å²) in [6.45, 7) is 1.67. The van der Waals surface area contributed by atoms with Gasteiger partial charge in [-0.25, -0.2) is 8.37 Å². The van der Waals surface area contributed by atoms with Crippen molar-refractivity contribution in [1.82, 2.24) is 0 Å². The molecule has 0 radical (unpaired) electrons. The first-order valence-corrected chi connectivity index (χ1v) is 7.99. The molecule has 0 rings (SSSR count). The lowest BCUT2D eigenvalue weighted by Crippen LogP contribution is -2.22. The van der Waals surface area contributed by atoms with Crippen molar-refractivity contribution in [3.63, 3.8) is 0 Å². The highest BCUT2D eigenvalue weighted by Crippen LogP contribution is 2.09. The Morgan fingerprint density at radius 2 is 0.941 bits per heavy atom. The van der Waals surface area contributed by atoms with Gasteiger partial charge in [0.2, 0.25) is 0 Å². The summed E-state index contributed by atoms with van der Waals surface area (Å²) in [4.78, 5) is 0. The maximum absolute atomic E-state index is 10.8. The summed E-state index contributed by atoms with van der Waals surface area (Å²) < 4.78 is 79.3. The molecule has 0 aliphatic rings. The Bertz CT molecular complexity index is 480. The van der Waals surface area contributed by atoms with Crippen molar-refractivity contribution in [2.45, 2.75) is 13.8 Å². The van der Waals surface area contributed by atoms with Crippen LogP contribution in [0.5, 0.6) is 0 Å². The second kappa shape index (κ2) is 6.03. The van der Waals surface area contributed by atoms with Gasteiger partial charge in [-0.1, -0.05) is 7.26 Å². The molecule has 13 heteroatoms. The third-order valence-corrected chi connectivity index (χ3v) is 4.57. The van der Waals surface area contributed by atoms with E-state index in [0.29, 0.717) is 0 Å². The molecule has 0 aliphatic carbocycles. The summed E-state index contributed by atoms with van der Waals surface area (Å²) in [6.07, 6.45) is 0. The summed E-state index contributed by atoms with van der Waals surface area (Å²) in [5.74, 6) is 0. The van der Waals surface area contributed by atoms with Gasteiger partial charge in [-0.2, -0.15) is 25.3 Å². The minimum Gasteiger partial charge on any atom is -0.248 e. The molecule has 104 valence electrons. The van der Waals surface area contributed by atoms with Crippen molar-refractivity contribution < 1.29 is 40.9 Å². The van der Waals surface area contributed by atoms with Crippen LogP contribution in [0.3, 0.4) is 0 Å². The maximum atomic E-state index is 10.8. The fraction of sp³-hybridized carbons (Fsp3) is 1.00. The van der Waals surface area contributed by atoms with E-state index in [0.717, 1.165) is 0 Å². The molecule has 17 heavy (non-hydrogen) atoms. The molecule has 0 saturated carbocycles. The molecule has 0 bridgehead atoms. The smallest absolute Gasteiger partial charge is 0.248 e. The molecule has 0 spiro atoms. The molecular weight excluding hydrogens is 304 g/mol. The average Bonchev–Trinajstić information content (AvgIpc) is 1.96. The number of hydrogen-bond acceptors (Lipinski definition) is 10. The van der Waals surface area contributed by atoms with Gasteiger partial charge in [-0.15, -0.1) is 0 Å². The van der Waals surface area contributed by atoms with Gasteiger partial charge in [0, 0.05) is 0 Å². The van der Waals surface area contributed by atoms with Crippen molar-refractivity contribution in [2.24, 2.45) is 0 Å². The van der Waals surface area contributed by atoms with Crippen LogP contribution in [0.1, 0.15) is 13.8 Å². The van der Waals surface area contributed by atoms with Crippen LogP contribution in [0.4, 0.5) is 0 Å². The fourth-order valence-corrected chi connectivity index (χ4v) is 3.36. The SMILES string of the molecule is CCOS(=O)(=O)OS(=O)(=O)OS(=O)(=O)OCC. The van der Waals surface area contributed by atoms with E-state index in [2.05, 4.69) is 15.6 Å². The monoisotopic (exact) mass is 314 g/mol. The van der Waals surface area contributed by atoms with E-state index in [1.807, 2.05) is 0 Å². The molecule has 0 aromatic carbocycles. The van der Waals surface area contributed by atoms with Crippen molar-refractivity contribution in [2.75, 3.05) is 13.2 Å². The first-order chi connectivity index (χ1) is 7.54. The molecule has 0 unspecified atom stereocenters. The van der Waals surface area contributed by atoms with Gasteiger partial charge >= 0.3 is 31.2 Å². The molecule has 0 aromatic rings. The van der Waals surface area contributed by atoms with E-state index in [-0.39, 0.29) is 0 Å². The Morgan fingerprint density at radius 1 is 0.647 bits per heavy atom. The molecule has 0 aromatic heterocycles. The van der Waals surface area contributed by atoms with E-state index in [9.17, 15) is 25.3 Å². The van der Waals surface area contributed by atoms with Crippen LogP contribution in [0.15, 0.2) is 0 Å². The summed E-state index contributed by atoms with van der Waals surface area (Å²) >= 11 is 0. The molecule has 0 fully saturated rings. The minimum atomic E-state index is -5.37. The summed E-state index contributed by atoms with van der Waals surface area (Å²) in [5.41, 5.74) is 0. The average molecular weight is 314 g/mol. The largest absolute Gasteiger partial charge is 0.432 e. The van der Waals surface area contributed by atoms with Crippen molar-refractivity contribution >= 4 is 31.2 Å². The summed E-state index contributed by atoms with van der Waals surface area (Å²) in [7, 11) is -15.2. The third-order valence-electron chi connectivity index (χ3n) is 0.858. The molecule has 0 heterocycles. The Hall–Kier alpha value is -0.310. The normalized spacial score (nSPS) is 13.8. The predicted molar refractivity (Wildman–Crippen MR) is 52.2 cm³/mol. The van der Waals surface area contributed by atoms with Crippen molar-refractivity contribution in [3.05, 3.63) is 0 Å². The van der Waals surface area contributed by atoms with E-state index in [1.54, 1.807) is 0 Å². The van der Waals surface area contributed by atoms with Gasteiger partial charge in [-0.05, 0) is 13.8 Å². The topological polar surface area (TPSA) is 139 Å². The number of hydrogen-bond donors (Lipinski definition) is 0. The third kappa shape index (κ3) is 7.58. The molecule has 0 aliphatic heterocycles. The van der Waals surface area contributed by atoms with Crippen LogP contribution < -0.4 is 0 Å². The highest BCUT2D eigenvalue weighted by atomic mass is 32.3. The highest BCUT2D eigenvalue weighted by molar-refractivity contribution is 8.00. The van der Waals surface area contributed by atoms with Crippen LogP contribution in [0.2, 0.25) is 0 Å². The second-order valence-electron chi connectivity index (χ2n) is 2.17. The molecule has 10 nitrogen and oxygen atoms in total. The zero-order chi connectivity index (χ0) is 13.7. The fourth-order valence-electron chi connectivity index (χ4n) is 0.543. The molecule has 0 amide bonds. The Kier molecular flexibility index (Phi) is 5.92. The molecular formula is C4H10O10S3. The van der Waals surface area contributed by atoms with Crippen LogP contribution in [-0.4, -0.2) is 38.5 Å². The number of rotatable bonds is 8. The van der Waals surface area contributed by atoms with Crippen LogP contribution in [0.25, 0.3) is 0 Å². The van der Waals surface area contributed by atoms with E-state index >= 15 is 0 Å². The van der Waals surface area contributed by atoms with Crippen molar-refractivity contribution in [1.29, 1.82) is 0 Å². The van der Waals surface area contributed by atoms with Crippen LogP contribution in [-0.2, 0) is 46.8 Å². The summed E-state index contributed by atoms with van der Waals surface area (Å²) in [6, 6.07) is 0. The lowest BCUT2D eigenvalue weighted by molar-refractivity contribution is 0.261. The van der Waals surface area contributed by atoms with Gasteiger partial charge in [0.05, 0.1) is 13.2 Å². The summed E-state index contributed by atoms with van der Waals surface area (Å²) in [5, 5.41) is 0. The molecule has 0 saturated heterocycles. The minimum absolute atomic E-state index is 0.407. The Labute approximate surface area is 99.4 Å². The quantitative estimate of drug-likeness (QED) is 0.538. The van der Waals surface area contributed by atoms with Gasteiger partial charge in [0.25, 0.3) is 0 Å². The van der Waals surface area contributed by atoms with Gasteiger partial charge < -0.3 is 0 Å². The highest BCUT2D eigenvalue weighted by Gasteiger charge is 2.31. The van der Waals surface area contributed by atoms with E-state index in [4.69, 9.17) is 0 Å². The molecule has 0 N–H and O–H groups in total. The van der Waals surface area contributed by atoms with Gasteiger partial charge in [-0.3, -0.25) is 0 Å². The van der Waals surface area contributed by atoms with Gasteiger partial charge in [0.15, 0.2) is 0 Å². The van der Waals surface area contributed by atoms with E-state index < -0.39 is 44.4 Å². The second-order valence-corrected chi connectivity index (χ2v) is 6.18. The molecule has 0 atom stereocenters. The maximum Gasteiger partial charge on any atom is 0.432 e. The van der Waals surface area contributed by atoms with Crippen LogP contribution in [0, 0.1) is 0 Å². The standard InChI is InChI=1S/C4H10O10S3/c1-3-11-15(5,6)13-17(9,10)14-16(7,8)12-4-2/h3-4H2,1-2H3. The lowest BCUT2D eigenvalue weighted by atomic mass is 10.9. The zero-order valence-corrected chi connectivity index (χ0v) is 11.2. The van der Waals surface area contributed by atoms with Gasteiger partial charge in [0.1, 0.15) is 0 Å². The Balaban J connectivity index is 4.85. The first-order valence-electron chi connectivity index (χ1n) is 3.99. The van der Waals surface area contributed by atoms with Crippen LogP contribution >= 0.6 is 0 Å². The predicted octanol–water partition coefficient (Wildman–Crippen LogP) is -1.17. The Morgan fingerprint density at radius 3 is 1.18 bits per heavy atom. The zero-order valence-electron chi connectivity index (χ0n) is 8.72. The van der Waals surface area contributed by atoms with Crippen molar-refractivity contribution in [3.8, 4) is 0 Å². The lowest BCUT2D eigenvalue weighted by Gasteiger charge is -2.05. The van der Waals surface area contributed by atoms with E-state index in [1.165, 1.54) is 13.8 Å².